The van der Waals surface area contributed by atoms with E-state index in [1.807, 2.05) is 6.07 Å². The summed E-state index contributed by atoms with van der Waals surface area (Å²) in [5.74, 6) is 0.215. The van der Waals surface area contributed by atoms with Crippen LogP contribution in [0, 0.1) is 16.0 Å². The van der Waals surface area contributed by atoms with Crippen LogP contribution in [0.5, 0.6) is 5.75 Å². The number of carbonyl (C=O) groups excluding carboxylic acids is 1. The first-order valence-electron chi connectivity index (χ1n) is 8.40. The Labute approximate surface area is 154 Å². The van der Waals surface area contributed by atoms with Gasteiger partial charge in [-0.05, 0) is 42.9 Å². The molecule has 1 aromatic carbocycles. The van der Waals surface area contributed by atoms with Gasteiger partial charge in [-0.2, -0.15) is 5.10 Å². The minimum Gasteiger partial charge on any atom is -0.507 e. The molecular weight excluding hydrogens is 354 g/mol. The lowest BCUT2D eigenvalue weighted by atomic mass is 9.87. The number of carbonyl (C=O) groups is 1. The predicted octanol–water partition coefficient (Wildman–Crippen LogP) is 3.64. The molecule has 8 heteroatoms. The number of nitrogens with zero attached hydrogens (tertiary/aromatic N) is 2. The van der Waals surface area contributed by atoms with Crippen molar-refractivity contribution in [3.8, 4) is 5.75 Å². The van der Waals surface area contributed by atoms with Gasteiger partial charge in [0, 0.05) is 22.6 Å². The van der Waals surface area contributed by atoms with E-state index in [-0.39, 0.29) is 22.9 Å². The first kappa shape index (κ1) is 18.1. The van der Waals surface area contributed by atoms with E-state index in [2.05, 4.69) is 17.5 Å². The van der Waals surface area contributed by atoms with Crippen LogP contribution in [-0.2, 0) is 12.8 Å². The third-order valence-electron chi connectivity index (χ3n) is 4.58. The van der Waals surface area contributed by atoms with Gasteiger partial charge in [0.05, 0.1) is 16.0 Å². The number of amides is 1. The van der Waals surface area contributed by atoms with Crippen molar-refractivity contribution < 1.29 is 14.8 Å². The lowest BCUT2D eigenvalue weighted by molar-refractivity contribution is -0.384. The molecule has 1 aliphatic rings. The van der Waals surface area contributed by atoms with Crippen LogP contribution in [0.4, 0.5) is 5.69 Å². The van der Waals surface area contributed by atoms with Crippen LogP contribution in [0.15, 0.2) is 29.4 Å². The topological polar surface area (TPSA) is 105 Å². The van der Waals surface area contributed by atoms with Crippen LogP contribution in [0.3, 0.4) is 0 Å². The largest absolute Gasteiger partial charge is 0.507 e. The molecule has 0 spiro atoms. The van der Waals surface area contributed by atoms with Crippen LogP contribution in [0.2, 0.25) is 0 Å². The molecule has 0 unspecified atom stereocenters. The normalized spacial score (nSPS) is 16.4. The monoisotopic (exact) mass is 373 g/mol. The summed E-state index contributed by atoms with van der Waals surface area (Å²) in [6, 6.07) is 5.54. The standard InChI is InChI=1S/C18H19N3O4S/c1-2-11-3-6-16-12(7-11)9-17(26-16)18(23)20-19-10-13-8-14(21(24)25)4-5-15(13)22/h4-5,8-11,22H,2-3,6-7H2,1H3,(H,20,23)/b19-10+/t11-/m0/s1. The molecule has 26 heavy (non-hydrogen) atoms. The highest BCUT2D eigenvalue weighted by atomic mass is 32.1. The summed E-state index contributed by atoms with van der Waals surface area (Å²) in [7, 11) is 0. The van der Waals surface area contributed by atoms with Crippen LogP contribution in [0.1, 0.15) is 45.4 Å². The van der Waals surface area contributed by atoms with Gasteiger partial charge in [0.15, 0.2) is 0 Å². The van der Waals surface area contributed by atoms with Gasteiger partial charge in [-0.25, -0.2) is 5.43 Å². The second-order valence-electron chi connectivity index (χ2n) is 6.28. The number of aryl methyl sites for hydroxylation is 1. The van der Waals surface area contributed by atoms with Crippen molar-refractivity contribution in [2.45, 2.75) is 32.6 Å². The Morgan fingerprint density at radius 1 is 1.50 bits per heavy atom. The van der Waals surface area contributed by atoms with E-state index in [1.165, 1.54) is 46.2 Å². The first-order valence-corrected chi connectivity index (χ1v) is 9.22. The maximum atomic E-state index is 12.3. The number of hydrogen-bond acceptors (Lipinski definition) is 6. The van der Waals surface area contributed by atoms with Crippen molar-refractivity contribution in [1.82, 2.24) is 5.43 Å². The zero-order valence-corrected chi connectivity index (χ0v) is 15.1. The number of phenolic OH excluding ortho intramolecular Hbond substituents is 1. The van der Waals surface area contributed by atoms with Gasteiger partial charge in [-0.3, -0.25) is 14.9 Å². The molecule has 0 saturated carbocycles. The fourth-order valence-electron chi connectivity index (χ4n) is 3.03. The van der Waals surface area contributed by atoms with Crippen LogP contribution in [0.25, 0.3) is 0 Å². The lowest BCUT2D eigenvalue weighted by Crippen LogP contribution is -2.16. The Morgan fingerprint density at radius 2 is 2.31 bits per heavy atom. The van der Waals surface area contributed by atoms with Crippen molar-refractivity contribution >= 4 is 29.1 Å². The molecule has 0 aliphatic heterocycles. The molecule has 3 rings (SSSR count). The summed E-state index contributed by atoms with van der Waals surface area (Å²) in [5.41, 5.74) is 3.67. The minimum absolute atomic E-state index is 0.147. The molecule has 1 heterocycles. The molecular formula is C18H19N3O4S. The molecule has 0 saturated heterocycles. The Hall–Kier alpha value is -2.74. The average molecular weight is 373 g/mol. The Balaban J connectivity index is 1.68. The molecule has 0 bridgehead atoms. The number of benzene rings is 1. The maximum Gasteiger partial charge on any atom is 0.281 e. The quantitative estimate of drug-likeness (QED) is 0.474. The van der Waals surface area contributed by atoms with E-state index in [9.17, 15) is 20.0 Å². The summed E-state index contributed by atoms with van der Waals surface area (Å²) in [5, 5.41) is 24.3. The van der Waals surface area contributed by atoms with Crippen molar-refractivity contribution in [3.63, 3.8) is 0 Å². The third kappa shape index (κ3) is 3.91. The molecule has 1 aromatic heterocycles. The van der Waals surface area contributed by atoms with Gasteiger partial charge in [0.1, 0.15) is 5.75 Å². The fraction of sp³-hybridized carbons (Fsp3) is 0.333. The van der Waals surface area contributed by atoms with E-state index >= 15 is 0 Å². The Bertz CT molecular complexity index is 875. The van der Waals surface area contributed by atoms with Gasteiger partial charge in [-0.1, -0.05) is 13.3 Å². The van der Waals surface area contributed by atoms with Gasteiger partial charge in [-0.15, -0.1) is 11.3 Å². The first-order chi connectivity index (χ1) is 12.5. The second kappa shape index (κ2) is 7.65. The molecule has 2 aromatic rings. The van der Waals surface area contributed by atoms with Crippen LogP contribution < -0.4 is 5.43 Å². The lowest BCUT2D eigenvalue weighted by Gasteiger charge is -2.19. The van der Waals surface area contributed by atoms with Crippen LogP contribution >= 0.6 is 11.3 Å². The summed E-state index contributed by atoms with van der Waals surface area (Å²) in [6.07, 6.45) is 5.53. The number of hydrazone groups is 1. The predicted molar refractivity (Wildman–Crippen MR) is 99.9 cm³/mol. The summed E-state index contributed by atoms with van der Waals surface area (Å²) in [6.45, 7) is 2.19. The van der Waals surface area contributed by atoms with Crippen molar-refractivity contribution in [3.05, 3.63) is 55.3 Å². The van der Waals surface area contributed by atoms with Crippen molar-refractivity contribution in [2.75, 3.05) is 0 Å². The SMILES string of the molecule is CC[C@H]1CCc2sc(C(=O)N/N=C/c3cc([N+](=O)[O-])ccc3O)cc2C1. The minimum atomic E-state index is -0.560. The van der Waals surface area contributed by atoms with Gasteiger partial charge < -0.3 is 5.11 Å². The number of rotatable bonds is 5. The van der Waals surface area contributed by atoms with Crippen molar-refractivity contribution in [2.24, 2.45) is 11.0 Å². The molecule has 136 valence electrons. The highest BCUT2D eigenvalue weighted by Crippen LogP contribution is 2.33. The highest BCUT2D eigenvalue weighted by molar-refractivity contribution is 7.14. The van der Waals surface area contributed by atoms with Gasteiger partial charge in [0.25, 0.3) is 11.6 Å². The Kier molecular flexibility index (Phi) is 5.32. The van der Waals surface area contributed by atoms with Crippen LogP contribution in [-0.4, -0.2) is 22.2 Å². The summed E-state index contributed by atoms with van der Waals surface area (Å²) >= 11 is 1.49. The smallest absolute Gasteiger partial charge is 0.281 e. The molecule has 0 radical (unpaired) electrons. The molecule has 1 aliphatic carbocycles. The molecule has 1 atom stereocenters. The van der Waals surface area contributed by atoms with Crippen molar-refractivity contribution in [1.29, 1.82) is 0 Å². The molecule has 2 N–H and O–H groups in total. The number of non-ortho nitro benzene ring substituents is 1. The number of phenols is 1. The van der Waals surface area contributed by atoms with E-state index in [0.29, 0.717) is 10.8 Å². The second-order valence-corrected chi connectivity index (χ2v) is 7.41. The average Bonchev–Trinajstić information content (AvgIpc) is 3.06. The van der Waals surface area contributed by atoms with E-state index < -0.39 is 4.92 Å². The zero-order valence-electron chi connectivity index (χ0n) is 14.3. The molecule has 7 nitrogen and oxygen atoms in total. The molecule has 1 amide bonds. The number of nitro benzene ring substituents is 1. The molecule has 0 fully saturated rings. The number of nitrogens with one attached hydrogen (secondary N) is 1. The van der Waals surface area contributed by atoms with E-state index in [0.717, 1.165) is 25.7 Å². The van der Waals surface area contributed by atoms with Gasteiger partial charge >= 0.3 is 0 Å². The number of hydrogen-bond donors (Lipinski definition) is 2. The Morgan fingerprint density at radius 3 is 3.04 bits per heavy atom. The summed E-state index contributed by atoms with van der Waals surface area (Å²) < 4.78 is 0. The van der Waals surface area contributed by atoms with Gasteiger partial charge in [0.2, 0.25) is 0 Å². The highest BCUT2D eigenvalue weighted by Gasteiger charge is 2.21. The third-order valence-corrected chi connectivity index (χ3v) is 5.81. The summed E-state index contributed by atoms with van der Waals surface area (Å²) in [4.78, 5) is 24.4. The number of nitro groups is 1. The van der Waals surface area contributed by atoms with E-state index in [1.54, 1.807) is 0 Å². The fourth-order valence-corrected chi connectivity index (χ4v) is 4.13. The van der Waals surface area contributed by atoms with E-state index in [4.69, 9.17) is 0 Å². The number of aromatic hydroxyl groups is 1. The maximum absolute atomic E-state index is 12.3. The zero-order chi connectivity index (χ0) is 18.7. The number of thiophene rings is 1. The number of fused-ring (bicyclic) bond motifs is 1.